The maximum atomic E-state index is 12.1. The van der Waals surface area contributed by atoms with Gasteiger partial charge in [0.05, 0.1) is 26.7 Å². The second-order valence-corrected chi connectivity index (χ2v) is 5.27. The van der Waals surface area contributed by atoms with Crippen molar-refractivity contribution < 1.29 is 19.2 Å². The Morgan fingerprint density at radius 3 is 2.05 bits per heavy atom. The zero-order chi connectivity index (χ0) is 15.9. The molecule has 1 heterocycles. The first-order chi connectivity index (χ1) is 10.5. The van der Waals surface area contributed by atoms with Crippen molar-refractivity contribution in [2.24, 2.45) is 0 Å². The van der Waals surface area contributed by atoms with Crippen molar-refractivity contribution in [3.05, 3.63) is 69.2 Å². The predicted molar refractivity (Wildman–Crippen MR) is 78.8 cm³/mol. The van der Waals surface area contributed by atoms with Crippen LogP contribution in [0.25, 0.3) is 0 Å². The molecule has 7 heteroatoms. The van der Waals surface area contributed by atoms with Gasteiger partial charge in [0.15, 0.2) is 0 Å². The van der Waals surface area contributed by atoms with Gasteiger partial charge in [-0.05, 0) is 30.3 Å². The number of hydrogen-bond acceptors (Lipinski definition) is 4. The SMILES string of the molecule is O=C(ON1C(=O)c2ccccc2C1=O)c1ccc(Cl)c(Cl)c1. The van der Waals surface area contributed by atoms with Gasteiger partial charge in [-0.15, -0.1) is 0 Å². The van der Waals surface area contributed by atoms with Crippen molar-refractivity contribution in [2.45, 2.75) is 0 Å². The van der Waals surface area contributed by atoms with E-state index in [-0.39, 0.29) is 26.7 Å². The third kappa shape index (κ3) is 2.34. The molecule has 0 saturated carbocycles. The second-order valence-electron chi connectivity index (χ2n) is 4.46. The highest BCUT2D eigenvalue weighted by Gasteiger charge is 2.38. The van der Waals surface area contributed by atoms with Crippen molar-refractivity contribution >= 4 is 41.0 Å². The number of imide groups is 1. The highest BCUT2D eigenvalue weighted by Crippen LogP contribution is 2.25. The summed E-state index contributed by atoms with van der Waals surface area (Å²) in [5.74, 6) is -2.25. The quantitative estimate of drug-likeness (QED) is 0.789. The molecule has 22 heavy (non-hydrogen) atoms. The number of amides is 2. The van der Waals surface area contributed by atoms with E-state index < -0.39 is 17.8 Å². The Kier molecular flexibility index (Phi) is 3.60. The van der Waals surface area contributed by atoms with Gasteiger partial charge in [-0.3, -0.25) is 9.59 Å². The maximum absolute atomic E-state index is 12.1. The van der Waals surface area contributed by atoms with Gasteiger partial charge in [-0.1, -0.05) is 40.4 Å². The molecule has 2 aromatic rings. The molecule has 0 atom stereocenters. The Balaban J connectivity index is 1.85. The highest BCUT2D eigenvalue weighted by atomic mass is 35.5. The summed E-state index contributed by atoms with van der Waals surface area (Å²) in [7, 11) is 0. The average molecular weight is 336 g/mol. The van der Waals surface area contributed by atoms with Gasteiger partial charge in [0, 0.05) is 0 Å². The van der Waals surface area contributed by atoms with Crippen LogP contribution in [0.5, 0.6) is 0 Å². The number of halogens is 2. The van der Waals surface area contributed by atoms with Gasteiger partial charge in [0.2, 0.25) is 0 Å². The van der Waals surface area contributed by atoms with Crippen molar-refractivity contribution in [2.75, 3.05) is 0 Å². The van der Waals surface area contributed by atoms with Crippen LogP contribution in [0, 0.1) is 0 Å². The molecule has 1 aliphatic heterocycles. The third-order valence-corrected chi connectivity index (χ3v) is 3.83. The molecule has 0 bridgehead atoms. The fourth-order valence-corrected chi connectivity index (χ4v) is 2.31. The maximum Gasteiger partial charge on any atom is 0.364 e. The zero-order valence-corrected chi connectivity index (χ0v) is 12.4. The van der Waals surface area contributed by atoms with Crippen LogP contribution in [0.15, 0.2) is 42.5 Å². The highest BCUT2D eigenvalue weighted by molar-refractivity contribution is 6.42. The van der Waals surface area contributed by atoms with Crippen LogP contribution >= 0.6 is 23.2 Å². The van der Waals surface area contributed by atoms with Gasteiger partial charge in [-0.25, -0.2) is 4.79 Å². The number of rotatable bonds is 2. The van der Waals surface area contributed by atoms with E-state index in [9.17, 15) is 14.4 Å². The first-order valence-electron chi connectivity index (χ1n) is 6.14. The molecular weight excluding hydrogens is 329 g/mol. The van der Waals surface area contributed by atoms with Crippen LogP contribution in [0.4, 0.5) is 0 Å². The number of hydroxylamine groups is 2. The van der Waals surface area contributed by atoms with Crippen LogP contribution in [-0.2, 0) is 4.84 Å². The first kappa shape index (κ1) is 14.6. The summed E-state index contributed by atoms with van der Waals surface area (Å²) < 4.78 is 0. The summed E-state index contributed by atoms with van der Waals surface area (Å²) in [4.78, 5) is 41.1. The van der Waals surface area contributed by atoms with E-state index in [0.29, 0.717) is 5.06 Å². The fourth-order valence-electron chi connectivity index (χ4n) is 2.01. The van der Waals surface area contributed by atoms with E-state index in [4.69, 9.17) is 28.0 Å². The van der Waals surface area contributed by atoms with Crippen molar-refractivity contribution in [3.63, 3.8) is 0 Å². The molecule has 5 nitrogen and oxygen atoms in total. The van der Waals surface area contributed by atoms with Crippen LogP contribution < -0.4 is 0 Å². The van der Waals surface area contributed by atoms with E-state index in [1.54, 1.807) is 12.1 Å². The van der Waals surface area contributed by atoms with Gasteiger partial charge in [0.25, 0.3) is 11.8 Å². The lowest BCUT2D eigenvalue weighted by Gasteiger charge is -2.12. The summed E-state index contributed by atoms with van der Waals surface area (Å²) in [6, 6.07) is 10.3. The Morgan fingerprint density at radius 1 is 0.909 bits per heavy atom. The van der Waals surface area contributed by atoms with E-state index in [0.717, 1.165) is 0 Å². The Bertz CT molecular complexity index is 784. The molecule has 0 unspecified atom stereocenters. The average Bonchev–Trinajstić information content (AvgIpc) is 2.75. The van der Waals surface area contributed by atoms with E-state index >= 15 is 0 Å². The molecule has 1 aliphatic rings. The van der Waals surface area contributed by atoms with Crippen molar-refractivity contribution in [1.29, 1.82) is 0 Å². The predicted octanol–water partition coefficient (Wildman–Crippen LogP) is 3.36. The van der Waals surface area contributed by atoms with Crippen molar-refractivity contribution in [1.82, 2.24) is 5.06 Å². The minimum Gasteiger partial charge on any atom is -0.324 e. The molecular formula is C15H7Cl2NO4. The minimum atomic E-state index is -0.881. The number of fused-ring (bicyclic) bond motifs is 1. The molecule has 0 radical (unpaired) electrons. The second kappa shape index (κ2) is 5.44. The molecule has 0 aromatic heterocycles. The lowest BCUT2D eigenvalue weighted by Crippen LogP contribution is -2.32. The number of carbonyl (C=O) groups excluding carboxylic acids is 3. The van der Waals surface area contributed by atoms with Crippen molar-refractivity contribution in [3.8, 4) is 0 Å². The van der Waals surface area contributed by atoms with Crippen LogP contribution in [0.2, 0.25) is 10.0 Å². The first-order valence-corrected chi connectivity index (χ1v) is 6.90. The standard InChI is InChI=1S/C15H7Cl2NO4/c16-11-6-5-8(7-12(11)17)15(21)22-18-13(19)9-3-1-2-4-10(9)14(18)20/h1-7H. The van der Waals surface area contributed by atoms with Gasteiger partial charge in [-0.2, -0.15) is 0 Å². The molecule has 0 saturated heterocycles. The summed E-state index contributed by atoms with van der Waals surface area (Å²) in [5, 5.41) is 0.882. The molecule has 0 aliphatic carbocycles. The monoisotopic (exact) mass is 335 g/mol. The lowest BCUT2D eigenvalue weighted by atomic mass is 10.1. The molecule has 2 aromatic carbocycles. The largest absolute Gasteiger partial charge is 0.364 e. The number of benzene rings is 2. The van der Waals surface area contributed by atoms with Crippen LogP contribution in [0.3, 0.4) is 0 Å². The van der Waals surface area contributed by atoms with E-state index in [2.05, 4.69) is 0 Å². The van der Waals surface area contributed by atoms with Gasteiger partial charge in [0.1, 0.15) is 0 Å². The van der Waals surface area contributed by atoms with Crippen LogP contribution in [0.1, 0.15) is 31.1 Å². The van der Waals surface area contributed by atoms with E-state index in [1.165, 1.54) is 30.3 Å². The summed E-state index contributed by atoms with van der Waals surface area (Å²) >= 11 is 11.6. The molecule has 0 spiro atoms. The van der Waals surface area contributed by atoms with Gasteiger partial charge < -0.3 is 4.84 Å². The number of hydrogen-bond donors (Lipinski definition) is 0. The minimum absolute atomic E-state index is 0.0750. The number of carbonyl (C=O) groups is 3. The van der Waals surface area contributed by atoms with Gasteiger partial charge >= 0.3 is 5.97 Å². The third-order valence-electron chi connectivity index (χ3n) is 3.09. The Hall–Kier alpha value is -2.37. The Labute approximate surface area is 134 Å². The molecule has 0 N–H and O–H groups in total. The molecule has 0 fully saturated rings. The molecule has 110 valence electrons. The lowest BCUT2D eigenvalue weighted by molar-refractivity contribution is -0.0584. The van der Waals surface area contributed by atoms with E-state index in [1.807, 2.05) is 0 Å². The molecule has 2 amide bonds. The normalized spacial score (nSPS) is 13.3. The molecule has 3 rings (SSSR count). The number of nitrogens with zero attached hydrogens (tertiary/aromatic N) is 1. The smallest absolute Gasteiger partial charge is 0.324 e. The van der Waals surface area contributed by atoms with Crippen LogP contribution in [-0.4, -0.2) is 22.8 Å². The zero-order valence-electron chi connectivity index (χ0n) is 10.9. The summed E-state index contributed by atoms with van der Waals surface area (Å²) in [5.41, 5.74) is 0.454. The summed E-state index contributed by atoms with van der Waals surface area (Å²) in [6.07, 6.45) is 0. The topological polar surface area (TPSA) is 63.7 Å². The summed E-state index contributed by atoms with van der Waals surface area (Å²) in [6.45, 7) is 0. The fraction of sp³-hybridized carbons (Fsp3) is 0. The Morgan fingerprint density at radius 2 is 1.50 bits per heavy atom.